The number of hydrogen-bond acceptors (Lipinski definition) is 6. The average Bonchev–Trinajstić information content (AvgIpc) is 2.66. The first-order valence-corrected chi connectivity index (χ1v) is 4.97. The third kappa shape index (κ3) is 2.40. The monoisotopic (exact) mass is 239 g/mol. The van der Waals surface area contributed by atoms with E-state index in [1.165, 1.54) is 6.20 Å². The van der Waals surface area contributed by atoms with E-state index in [-0.39, 0.29) is 5.28 Å². The Kier molecular flexibility index (Phi) is 2.91. The molecule has 0 unspecified atom stereocenters. The van der Waals surface area contributed by atoms with E-state index in [2.05, 4.69) is 20.4 Å². The Labute approximate surface area is 96.8 Å². The molecule has 2 heterocycles. The van der Waals surface area contributed by atoms with Crippen LogP contribution in [0.2, 0.25) is 5.28 Å². The summed E-state index contributed by atoms with van der Waals surface area (Å²) < 4.78 is 4.93. The van der Waals surface area contributed by atoms with Crippen LogP contribution < -0.4 is 11.1 Å². The second-order valence-electron chi connectivity index (χ2n) is 3.23. The Balaban J connectivity index is 2.07. The number of aromatic nitrogens is 3. The number of halogens is 1. The topological polar surface area (TPSA) is 89.9 Å². The molecule has 0 fully saturated rings. The van der Waals surface area contributed by atoms with E-state index in [4.69, 9.17) is 21.9 Å². The number of nitrogens with zero attached hydrogens (tertiary/aromatic N) is 3. The number of aryl methyl sites for hydroxylation is 1. The zero-order valence-corrected chi connectivity index (χ0v) is 9.32. The summed E-state index contributed by atoms with van der Waals surface area (Å²) in [6, 6.07) is 1.83. The van der Waals surface area contributed by atoms with Crippen molar-refractivity contribution in [1.29, 1.82) is 0 Å². The first-order valence-electron chi connectivity index (χ1n) is 4.59. The fourth-order valence-electron chi connectivity index (χ4n) is 1.19. The van der Waals surface area contributed by atoms with Crippen LogP contribution in [0.5, 0.6) is 0 Å². The molecule has 0 bridgehead atoms. The molecule has 16 heavy (non-hydrogen) atoms. The Morgan fingerprint density at radius 1 is 1.56 bits per heavy atom. The highest BCUT2D eigenvalue weighted by Gasteiger charge is 2.04. The molecule has 84 valence electrons. The number of nitrogens with two attached hydrogens (primary N) is 1. The summed E-state index contributed by atoms with van der Waals surface area (Å²) in [7, 11) is 0. The number of hydrogen-bond donors (Lipinski definition) is 2. The zero-order chi connectivity index (χ0) is 11.5. The number of rotatable bonds is 3. The Morgan fingerprint density at radius 2 is 2.38 bits per heavy atom. The maximum absolute atomic E-state index is 5.67. The molecule has 0 aliphatic rings. The molecule has 0 aliphatic carbocycles. The Hall–Kier alpha value is -1.82. The van der Waals surface area contributed by atoms with Crippen molar-refractivity contribution in [1.82, 2.24) is 15.1 Å². The van der Waals surface area contributed by atoms with Gasteiger partial charge in [-0.1, -0.05) is 5.16 Å². The molecule has 0 spiro atoms. The van der Waals surface area contributed by atoms with Crippen molar-refractivity contribution < 1.29 is 4.52 Å². The summed E-state index contributed by atoms with van der Waals surface area (Å²) in [5.41, 5.74) is 6.87. The van der Waals surface area contributed by atoms with Gasteiger partial charge in [0, 0.05) is 6.07 Å². The lowest BCUT2D eigenvalue weighted by atomic mass is 10.3. The first kappa shape index (κ1) is 10.7. The number of nitrogens with one attached hydrogen (secondary N) is 1. The average molecular weight is 240 g/mol. The standard InChI is InChI=1S/C9H10ClN5O/c1-5-2-6(15-16-5)3-12-8-7(11)4-13-9(10)14-8/h2,4H,3,11H2,1H3,(H,12,13,14). The highest BCUT2D eigenvalue weighted by molar-refractivity contribution is 6.28. The lowest BCUT2D eigenvalue weighted by Crippen LogP contribution is -2.05. The molecule has 2 aromatic rings. The van der Waals surface area contributed by atoms with Crippen molar-refractivity contribution >= 4 is 23.1 Å². The van der Waals surface area contributed by atoms with E-state index in [9.17, 15) is 0 Å². The smallest absolute Gasteiger partial charge is 0.224 e. The largest absolute Gasteiger partial charge is 0.394 e. The van der Waals surface area contributed by atoms with Crippen LogP contribution in [0.1, 0.15) is 11.5 Å². The lowest BCUT2D eigenvalue weighted by molar-refractivity contribution is 0.391. The van der Waals surface area contributed by atoms with Gasteiger partial charge in [-0.2, -0.15) is 4.98 Å². The minimum Gasteiger partial charge on any atom is -0.394 e. The number of nitrogen functional groups attached to an aromatic ring is 1. The summed E-state index contributed by atoms with van der Waals surface area (Å²) >= 11 is 5.65. The van der Waals surface area contributed by atoms with Gasteiger partial charge in [-0.25, -0.2) is 4.98 Å². The van der Waals surface area contributed by atoms with Crippen LogP contribution >= 0.6 is 11.6 Å². The third-order valence-electron chi connectivity index (χ3n) is 1.90. The predicted octanol–water partition coefficient (Wildman–Crippen LogP) is 1.62. The van der Waals surface area contributed by atoms with Crippen molar-refractivity contribution in [3.05, 3.63) is 29.0 Å². The maximum atomic E-state index is 5.67. The van der Waals surface area contributed by atoms with Gasteiger partial charge in [0.1, 0.15) is 11.5 Å². The van der Waals surface area contributed by atoms with Gasteiger partial charge in [-0.3, -0.25) is 0 Å². The van der Waals surface area contributed by atoms with Gasteiger partial charge in [-0.05, 0) is 18.5 Å². The van der Waals surface area contributed by atoms with Crippen LogP contribution in [0.3, 0.4) is 0 Å². The second-order valence-corrected chi connectivity index (χ2v) is 3.56. The molecule has 0 saturated carbocycles. The number of anilines is 2. The third-order valence-corrected chi connectivity index (χ3v) is 2.08. The molecule has 6 nitrogen and oxygen atoms in total. The Bertz CT molecular complexity index is 498. The van der Waals surface area contributed by atoms with Crippen LogP contribution in [0.15, 0.2) is 16.8 Å². The summed E-state index contributed by atoms with van der Waals surface area (Å²) in [6.07, 6.45) is 1.45. The van der Waals surface area contributed by atoms with E-state index in [0.29, 0.717) is 18.1 Å². The van der Waals surface area contributed by atoms with E-state index in [0.717, 1.165) is 11.5 Å². The highest BCUT2D eigenvalue weighted by Crippen LogP contribution is 2.16. The molecule has 2 aromatic heterocycles. The van der Waals surface area contributed by atoms with Gasteiger partial charge in [0.05, 0.1) is 18.4 Å². The molecule has 0 amide bonds. The molecular weight excluding hydrogens is 230 g/mol. The van der Waals surface area contributed by atoms with Gasteiger partial charge in [0.2, 0.25) is 5.28 Å². The highest BCUT2D eigenvalue weighted by atomic mass is 35.5. The molecule has 0 aliphatic heterocycles. The van der Waals surface area contributed by atoms with Gasteiger partial charge in [0.15, 0.2) is 5.82 Å². The molecule has 0 radical (unpaired) electrons. The van der Waals surface area contributed by atoms with Crippen molar-refractivity contribution in [2.45, 2.75) is 13.5 Å². The van der Waals surface area contributed by atoms with Crippen LogP contribution in [-0.2, 0) is 6.54 Å². The minimum atomic E-state index is 0.146. The van der Waals surface area contributed by atoms with Gasteiger partial charge in [0.25, 0.3) is 0 Å². The van der Waals surface area contributed by atoms with Crippen molar-refractivity contribution in [2.75, 3.05) is 11.1 Å². The molecular formula is C9H10ClN5O. The van der Waals surface area contributed by atoms with Crippen LogP contribution in [0, 0.1) is 6.92 Å². The lowest BCUT2D eigenvalue weighted by Gasteiger charge is -2.05. The second kappa shape index (κ2) is 4.36. The van der Waals surface area contributed by atoms with Crippen LogP contribution in [-0.4, -0.2) is 15.1 Å². The van der Waals surface area contributed by atoms with Crippen LogP contribution in [0.4, 0.5) is 11.5 Å². The summed E-state index contributed by atoms with van der Waals surface area (Å²) in [6.45, 7) is 2.29. The molecule has 0 aromatic carbocycles. The Morgan fingerprint density at radius 3 is 3.06 bits per heavy atom. The molecule has 3 N–H and O–H groups in total. The summed E-state index contributed by atoms with van der Waals surface area (Å²) in [5.74, 6) is 1.24. The zero-order valence-electron chi connectivity index (χ0n) is 8.57. The fourth-order valence-corrected chi connectivity index (χ4v) is 1.32. The van der Waals surface area contributed by atoms with Crippen LogP contribution in [0.25, 0.3) is 0 Å². The van der Waals surface area contributed by atoms with E-state index < -0.39 is 0 Å². The molecule has 0 atom stereocenters. The maximum Gasteiger partial charge on any atom is 0.224 e. The van der Waals surface area contributed by atoms with E-state index in [1.807, 2.05) is 13.0 Å². The predicted molar refractivity (Wildman–Crippen MR) is 60.0 cm³/mol. The SMILES string of the molecule is Cc1cc(CNc2nc(Cl)ncc2N)no1. The van der Waals surface area contributed by atoms with Gasteiger partial charge >= 0.3 is 0 Å². The summed E-state index contributed by atoms with van der Waals surface area (Å²) in [4.78, 5) is 7.71. The van der Waals surface area contributed by atoms with Crippen molar-refractivity contribution in [3.8, 4) is 0 Å². The van der Waals surface area contributed by atoms with Gasteiger partial charge < -0.3 is 15.6 Å². The van der Waals surface area contributed by atoms with Crippen molar-refractivity contribution in [3.63, 3.8) is 0 Å². The fraction of sp³-hybridized carbons (Fsp3) is 0.222. The first-order chi connectivity index (χ1) is 7.65. The summed E-state index contributed by atoms with van der Waals surface area (Å²) in [5, 5.41) is 6.97. The quantitative estimate of drug-likeness (QED) is 0.791. The molecule has 2 rings (SSSR count). The van der Waals surface area contributed by atoms with Crippen molar-refractivity contribution in [2.24, 2.45) is 0 Å². The van der Waals surface area contributed by atoms with E-state index in [1.54, 1.807) is 0 Å². The van der Waals surface area contributed by atoms with E-state index >= 15 is 0 Å². The minimum absolute atomic E-state index is 0.146. The van der Waals surface area contributed by atoms with Gasteiger partial charge in [-0.15, -0.1) is 0 Å². The molecule has 7 heteroatoms. The normalized spacial score (nSPS) is 10.4. The molecule has 0 saturated heterocycles.